The number of aromatic nitrogens is 1. The third-order valence-electron chi connectivity index (χ3n) is 4.73. The van der Waals surface area contributed by atoms with Gasteiger partial charge in [-0.2, -0.15) is 0 Å². The molecule has 4 rings (SSSR count). The minimum absolute atomic E-state index is 0.436. The molecule has 2 N–H and O–H groups in total. The minimum atomic E-state index is 0.436. The van der Waals surface area contributed by atoms with Crippen LogP contribution in [0.5, 0.6) is 11.5 Å². The van der Waals surface area contributed by atoms with E-state index in [1.54, 1.807) is 14.2 Å². The minimum Gasteiger partial charge on any atom is -0.496 e. The Kier molecular flexibility index (Phi) is 4.80. The van der Waals surface area contributed by atoms with Gasteiger partial charge in [0.05, 0.1) is 19.9 Å². The number of ether oxygens (including phenoxy) is 2. The third kappa shape index (κ3) is 3.02. The van der Waals surface area contributed by atoms with Crippen LogP contribution < -0.4 is 15.2 Å². The molecule has 0 aliphatic heterocycles. The second-order valence-corrected chi connectivity index (χ2v) is 6.75. The molecule has 4 aromatic rings. The molecule has 1 heterocycles. The molecule has 0 aliphatic carbocycles. The van der Waals surface area contributed by atoms with Gasteiger partial charge in [0.2, 0.25) is 0 Å². The van der Waals surface area contributed by atoms with Gasteiger partial charge in [-0.25, -0.2) is 4.98 Å². The molecule has 3 aromatic carbocycles. The topological polar surface area (TPSA) is 57.4 Å². The van der Waals surface area contributed by atoms with Gasteiger partial charge in [0.15, 0.2) is 0 Å². The lowest BCUT2D eigenvalue weighted by molar-refractivity contribution is 0.415. The Hall–Kier alpha value is -3.24. The summed E-state index contributed by atoms with van der Waals surface area (Å²) in [5, 5.41) is 2.37. The van der Waals surface area contributed by atoms with Gasteiger partial charge in [0, 0.05) is 27.1 Å². The van der Waals surface area contributed by atoms with Crippen LogP contribution in [0, 0.1) is 0 Å². The van der Waals surface area contributed by atoms with Gasteiger partial charge in [-0.15, -0.1) is 0 Å². The van der Waals surface area contributed by atoms with Gasteiger partial charge in [-0.1, -0.05) is 41.9 Å². The van der Waals surface area contributed by atoms with E-state index in [1.807, 2.05) is 66.7 Å². The van der Waals surface area contributed by atoms with Crippen LogP contribution in [0.4, 0.5) is 5.82 Å². The van der Waals surface area contributed by atoms with E-state index in [9.17, 15) is 0 Å². The Labute approximate surface area is 168 Å². The highest BCUT2D eigenvalue weighted by molar-refractivity contribution is 6.31. The van der Waals surface area contributed by atoms with Gasteiger partial charge in [-0.3, -0.25) is 0 Å². The molecule has 4 nitrogen and oxygen atoms in total. The average molecular weight is 391 g/mol. The zero-order valence-corrected chi connectivity index (χ0v) is 16.3. The van der Waals surface area contributed by atoms with Crippen molar-refractivity contribution in [3.63, 3.8) is 0 Å². The van der Waals surface area contributed by atoms with Crippen LogP contribution in [0.25, 0.3) is 33.2 Å². The Morgan fingerprint density at radius 1 is 0.786 bits per heavy atom. The van der Waals surface area contributed by atoms with E-state index in [4.69, 9.17) is 31.8 Å². The second-order valence-electron chi connectivity index (χ2n) is 6.31. The number of rotatable bonds is 4. The number of hydrogen-bond donors (Lipinski definition) is 1. The molecule has 0 saturated carbocycles. The van der Waals surface area contributed by atoms with E-state index >= 15 is 0 Å². The maximum Gasteiger partial charge on any atom is 0.132 e. The fraction of sp³-hybridized carbons (Fsp3) is 0.0870. The van der Waals surface area contributed by atoms with Crippen molar-refractivity contribution in [2.45, 2.75) is 0 Å². The molecule has 0 spiro atoms. The Morgan fingerprint density at radius 3 is 2.07 bits per heavy atom. The molecular weight excluding hydrogens is 372 g/mol. The second kappa shape index (κ2) is 7.41. The van der Waals surface area contributed by atoms with E-state index < -0.39 is 0 Å². The number of para-hydroxylation sites is 2. The van der Waals surface area contributed by atoms with Crippen LogP contribution in [-0.2, 0) is 0 Å². The van der Waals surface area contributed by atoms with Crippen molar-refractivity contribution in [2.75, 3.05) is 20.0 Å². The predicted molar refractivity (Wildman–Crippen MR) is 115 cm³/mol. The van der Waals surface area contributed by atoms with Gasteiger partial charge in [-0.05, 0) is 41.8 Å². The maximum absolute atomic E-state index is 6.34. The number of fused-ring (bicyclic) bond motifs is 1. The number of nitrogens with zero attached hydrogens (tertiary/aromatic N) is 1. The SMILES string of the molecule is COc1ccccc1-c1nc(N)c2ccc(Cl)cc2c1-c1ccccc1OC. The Balaban J connectivity index is 2.19. The van der Waals surface area contributed by atoms with Crippen molar-refractivity contribution in [1.82, 2.24) is 4.98 Å². The van der Waals surface area contributed by atoms with Crippen LogP contribution in [-0.4, -0.2) is 19.2 Å². The molecule has 0 fully saturated rings. The molecule has 0 amide bonds. The highest BCUT2D eigenvalue weighted by atomic mass is 35.5. The van der Waals surface area contributed by atoms with Crippen molar-refractivity contribution < 1.29 is 9.47 Å². The first-order valence-electron chi connectivity index (χ1n) is 8.79. The first kappa shape index (κ1) is 18.1. The van der Waals surface area contributed by atoms with Crippen molar-refractivity contribution >= 4 is 28.2 Å². The number of benzene rings is 3. The first-order valence-corrected chi connectivity index (χ1v) is 9.17. The van der Waals surface area contributed by atoms with Crippen LogP contribution in [0.1, 0.15) is 0 Å². The quantitative estimate of drug-likeness (QED) is 0.477. The summed E-state index contributed by atoms with van der Waals surface area (Å²) in [4.78, 5) is 4.76. The lowest BCUT2D eigenvalue weighted by Gasteiger charge is -2.18. The maximum atomic E-state index is 6.34. The summed E-state index contributed by atoms with van der Waals surface area (Å²) in [5.41, 5.74) is 9.70. The lowest BCUT2D eigenvalue weighted by Crippen LogP contribution is -2.00. The fourth-order valence-electron chi connectivity index (χ4n) is 3.47. The molecular formula is C23H19ClN2O2. The molecule has 0 atom stereocenters. The number of anilines is 1. The van der Waals surface area contributed by atoms with Gasteiger partial charge in [0.25, 0.3) is 0 Å². The van der Waals surface area contributed by atoms with E-state index in [2.05, 4.69) is 0 Å². The zero-order chi connectivity index (χ0) is 19.7. The van der Waals surface area contributed by atoms with E-state index in [0.29, 0.717) is 22.3 Å². The number of hydrogen-bond acceptors (Lipinski definition) is 4. The highest BCUT2D eigenvalue weighted by Gasteiger charge is 2.21. The molecule has 0 bridgehead atoms. The number of pyridine rings is 1. The molecule has 0 unspecified atom stereocenters. The summed E-state index contributed by atoms with van der Waals surface area (Å²) < 4.78 is 11.2. The van der Waals surface area contributed by atoms with E-state index in [0.717, 1.165) is 33.2 Å². The molecule has 1 aromatic heterocycles. The molecule has 28 heavy (non-hydrogen) atoms. The summed E-state index contributed by atoms with van der Waals surface area (Å²) in [7, 11) is 3.30. The molecule has 0 saturated heterocycles. The van der Waals surface area contributed by atoms with Crippen molar-refractivity contribution in [1.29, 1.82) is 0 Å². The molecule has 0 aliphatic rings. The summed E-state index contributed by atoms with van der Waals surface area (Å²) >= 11 is 6.34. The zero-order valence-electron chi connectivity index (χ0n) is 15.6. The van der Waals surface area contributed by atoms with Gasteiger partial charge in [0.1, 0.15) is 17.3 Å². The fourth-order valence-corrected chi connectivity index (χ4v) is 3.64. The van der Waals surface area contributed by atoms with Crippen LogP contribution >= 0.6 is 11.6 Å². The van der Waals surface area contributed by atoms with E-state index in [1.165, 1.54) is 0 Å². The number of halogens is 1. The van der Waals surface area contributed by atoms with Crippen molar-refractivity contribution in [3.8, 4) is 33.9 Å². The van der Waals surface area contributed by atoms with Crippen LogP contribution in [0.15, 0.2) is 66.7 Å². The largest absolute Gasteiger partial charge is 0.496 e. The van der Waals surface area contributed by atoms with Crippen molar-refractivity contribution in [2.24, 2.45) is 0 Å². The van der Waals surface area contributed by atoms with Crippen molar-refractivity contribution in [3.05, 3.63) is 71.8 Å². The predicted octanol–water partition coefficient (Wildman–Crippen LogP) is 5.82. The smallest absolute Gasteiger partial charge is 0.132 e. The average Bonchev–Trinajstić information content (AvgIpc) is 2.73. The Morgan fingerprint density at radius 2 is 1.39 bits per heavy atom. The summed E-state index contributed by atoms with van der Waals surface area (Å²) in [5.74, 6) is 1.89. The number of methoxy groups -OCH3 is 2. The highest BCUT2D eigenvalue weighted by Crippen LogP contribution is 2.44. The third-order valence-corrected chi connectivity index (χ3v) is 4.97. The normalized spacial score (nSPS) is 10.8. The monoisotopic (exact) mass is 390 g/mol. The standard InChI is InChI=1S/C23H19ClN2O2/c1-27-19-9-5-3-7-16(19)21-18-13-14(24)11-12-15(18)23(25)26-22(21)17-8-4-6-10-20(17)28-2/h3-13H,1-2H3,(H2,25,26). The Bertz CT molecular complexity index is 1170. The summed E-state index contributed by atoms with van der Waals surface area (Å²) in [6.45, 7) is 0. The van der Waals surface area contributed by atoms with Crippen LogP contribution in [0.2, 0.25) is 5.02 Å². The summed E-state index contributed by atoms with van der Waals surface area (Å²) in [6, 6.07) is 21.2. The lowest BCUT2D eigenvalue weighted by atomic mass is 9.93. The van der Waals surface area contributed by atoms with E-state index in [-0.39, 0.29) is 0 Å². The molecule has 0 radical (unpaired) electrons. The number of nitrogen functional groups attached to an aromatic ring is 1. The van der Waals surface area contributed by atoms with Crippen LogP contribution in [0.3, 0.4) is 0 Å². The number of nitrogens with two attached hydrogens (primary N) is 1. The summed E-state index contributed by atoms with van der Waals surface area (Å²) in [6.07, 6.45) is 0. The van der Waals surface area contributed by atoms with Gasteiger partial charge >= 0.3 is 0 Å². The molecule has 5 heteroatoms. The first-order chi connectivity index (χ1) is 13.6. The molecule has 140 valence electrons. The van der Waals surface area contributed by atoms with Gasteiger partial charge < -0.3 is 15.2 Å².